The first-order chi connectivity index (χ1) is 27.2. The Kier molecular flexibility index (Phi) is 21.0. The van der Waals surface area contributed by atoms with Crippen molar-refractivity contribution in [2.45, 2.75) is 139 Å². The van der Waals surface area contributed by atoms with Gasteiger partial charge in [-0.2, -0.15) is 0 Å². The van der Waals surface area contributed by atoms with Crippen molar-refractivity contribution in [1.82, 2.24) is 0 Å². The van der Waals surface area contributed by atoms with E-state index in [1.807, 2.05) is 20.8 Å². The molecule has 0 bridgehead atoms. The Morgan fingerprint density at radius 3 is 1.14 bits per heavy atom. The van der Waals surface area contributed by atoms with Crippen molar-refractivity contribution in [3.63, 3.8) is 0 Å². The third-order valence-corrected chi connectivity index (χ3v) is 10.8. The molecule has 3 aliphatic rings. The van der Waals surface area contributed by atoms with Crippen LogP contribution in [0, 0.1) is 65.1 Å². The zero-order valence-corrected chi connectivity index (χ0v) is 37.1. The van der Waals surface area contributed by atoms with Crippen LogP contribution in [0.2, 0.25) is 0 Å². The number of carboxylic acids is 3. The van der Waals surface area contributed by atoms with Crippen LogP contribution in [0.4, 0.5) is 0 Å². The van der Waals surface area contributed by atoms with E-state index in [9.17, 15) is 38.4 Å². The predicted octanol–water partition coefficient (Wildman–Crippen LogP) is 6.20. The van der Waals surface area contributed by atoms with Gasteiger partial charge in [0, 0.05) is 6.42 Å². The van der Waals surface area contributed by atoms with Crippen LogP contribution < -0.4 is 0 Å². The second kappa shape index (κ2) is 23.5. The lowest BCUT2D eigenvalue weighted by molar-refractivity contribution is -0.178. The molecule has 338 valence electrons. The molecule has 0 aromatic rings. The van der Waals surface area contributed by atoms with Crippen LogP contribution in [0.15, 0.2) is 0 Å². The van der Waals surface area contributed by atoms with E-state index in [1.54, 1.807) is 62.3 Å². The Labute approximate surface area is 348 Å². The van der Waals surface area contributed by atoms with Crippen molar-refractivity contribution >= 4 is 47.8 Å². The van der Waals surface area contributed by atoms with Gasteiger partial charge in [-0.15, -0.1) is 0 Å². The molecule has 9 atom stereocenters. The quantitative estimate of drug-likeness (QED) is 0.100. The average molecular weight is 843 g/mol. The molecule has 0 radical (unpaired) electrons. The fourth-order valence-electron chi connectivity index (χ4n) is 8.38. The van der Waals surface area contributed by atoms with E-state index in [0.29, 0.717) is 38.9 Å². The molecule has 16 heteroatoms. The van der Waals surface area contributed by atoms with Crippen LogP contribution in [0.3, 0.4) is 0 Å². The van der Waals surface area contributed by atoms with Crippen LogP contribution in [0.25, 0.3) is 0 Å². The molecule has 3 aliphatic carbocycles. The fourth-order valence-corrected chi connectivity index (χ4v) is 8.38. The summed E-state index contributed by atoms with van der Waals surface area (Å²) in [5, 5.41) is 26.5. The Morgan fingerprint density at radius 1 is 0.508 bits per heavy atom. The second-order valence-electron chi connectivity index (χ2n) is 18.1. The number of hydrogen-bond donors (Lipinski definition) is 3. The van der Waals surface area contributed by atoms with Crippen molar-refractivity contribution in [3.8, 4) is 0 Å². The highest BCUT2D eigenvalue weighted by atomic mass is 16.6. The Morgan fingerprint density at radius 2 is 0.831 bits per heavy atom. The maximum atomic E-state index is 12.7. The molecule has 0 heterocycles. The summed E-state index contributed by atoms with van der Waals surface area (Å²) in [7, 11) is 0. The molecule has 3 fully saturated rings. The third-order valence-electron chi connectivity index (χ3n) is 10.8. The molecule has 9 unspecified atom stereocenters. The van der Waals surface area contributed by atoms with Crippen LogP contribution in [-0.2, 0) is 62.0 Å². The lowest BCUT2D eigenvalue weighted by Gasteiger charge is -2.29. The van der Waals surface area contributed by atoms with Gasteiger partial charge in [0.05, 0.1) is 37.6 Å². The fraction of sp³-hybridized carbons (Fsp3) is 0.814. The molecule has 3 rings (SSSR count). The molecule has 16 nitrogen and oxygen atoms in total. The van der Waals surface area contributed by atoms with Gasteiger partial charge in [-0.1, -0.05) is 20.8 Å². The number of esters is 5. The summed E-state index contributed by atoms with van der Waals surface area (Å²) in [4.78, 5) is 93.2. The first-order valence-electron chi connectivity index (χ1n) is 20.8. The standard InChI is InChI=1S/C20H34O6.C12H18O6.C11H18O4/c1-9-24-16(21)14-11-13(10-12(14)2)15(17(22)25-19(3,4)5)18(23)26-20(6,7)8;1-3-18-12(17)8-5-7(4-6(8)2)9(10(13)14)11(15)16;1-3-15-11(14)9-5-8(4-7(9)2)6-10(12)13/h12-15H,9-11H2,1-8H3;6-9H,3-5H2,1-2H3,(H,13,14)(H,15,16);7-9H,3-6H2,1-2H3,(H,12,13). The molecule has 3 N–H and O–H groups in total. The van der Waals surface area contributed by atoms with Gasteiger partial charge in [0.25, 0.3) is 0 Å². The summed E-state index contributed by atoms with van der Waals surface area (Å²) in [6.07, 6.45) is 3.33. The first-order valence-corrected chi connectivity index (χ1v) is 20.8. The van der Waals surface area contributed by atoms with Crippen molar-refractivity contribution < 1.29 is 77.4 Å². The maximum absolute atomic E-state index is 12.7. The van der Waals surface area contributed by atoms with E-state index in [-0.39, 0.29) is 78.8 Å². The van der Waals surface area contributed by atoms with Crippen LogP contribution >= 0.6 is 0 Å². The normalized spacial score (nSPS) is 26.4. The number of carboxylic acid groups (broad SMARTS) is 3. The highest BCUT2D eigenvalue weighted by molar-refractivity contribution is 5.96. The average Bonchev–Trinajstić information content (AvgIpc) is 3.75. The van der Waals surface area contributed by atoms with Crippen LogP contribution in [-0.4, -0.2) is 94.1 Å². The lowest BCUT2D eigenvalue weighted by atomic mass is 9.89. The van der Waals surface area contributed by atoms with Crippen LogP contribution in [0.5, 0.6) is 0 Å². The molecule has 0 saturated heterocycles. The maximum Gasteiger partial charge on any atom is 0.321 e. The molecular weight excluding hydrogens is 772 g/mol. The summed E-state index contributed by atoms with van der Waals surface area (Å²) >= 11 is 0. The summed E-state index contributed by atoms with van der Waals surface area (Å²) < 4.78 is 26.0. The van der Waals surface area contributed by atoms with Crippen molar-refractivity contribution in [3.05, 3.63) is 0 Å². The second-order valence-corrected chi connectivity index (χ2v) is 18.1. The van der Waals surface area contributed by atoms with Crippen molar-refractivity contribution in [1.29, 1.82) is 0 Å². The summed E-state index contributed by atoms with van der Waals surface area (Å²) in [5.74, 6) is -9.17. The minimum absolute atomic E-state index is 0.0337. The summed E-state index contributed by atoms with van der Waals surface area (Å²) in [5.41, 5.74) is -1.41. The number of ether oxygens (including phenoxy) is 5. The van der Waals surface area contributed by atoms with Gasteiger partial charge < -0.3 is 39.0 Å². The smallest absolute Gasteiger partial charge is 0.321 e. The highest BCUT2D eigenvalue weighted by Gasteiger charge is 2.48. The number of hydrogen-bond acceptors (Lipinski definition) is 13. The molecule has 3 saturated carbocycles. The minimum atomic E-state index is -1.44. The van der Waals surface area contributed by atoms with Gasteiger partial charge in [-0.05, 0) is 136 Å². The SMILES string of the molecule is CCOC(=O)C1CC(C(C(=O)O)C(=O)O)CC1C.CCOC(=O)C1CC(C(C(=O)OC(C)(C)C)C(=O)OC(C)(C)C)CC1C.CCOC(=O)C1CC(CC(=O)O)CC1C. The Hall–Kier alpha value is -4.24. The topological polar surface area (TPSA) is 243 Å². The van der Waals surface area contributed by atoms with Crippen molar-refractivity contribution in [2.24, 2.45) is 65.1 Å². The number of aliphatic carboxylic acids is 3. The minimum Gasteiger partial charge on any atom is -0.481 e. The predicted molar refractivity (Wildman–Crippen MR) is 212 cm³/mol. The van der Waals surface area contributed by atoms with E-state index < -0.39 is 64.7 Å². The summed E-state index contributed by atoms with van der Waals surface area (Å²) in [6, 6.07) is 0. The van der Waals surface area contributed by atoms with Gasteiger partial charge in [-0.3, -0.25) is 38.4 Å². The van der Waals surface area contributed by atoms with E-state index >= 15 is 0 Å². The van der Waals surface area contributed by atoms with E-state index in [4.69, 9.17) is 39.0 Å². The largest absolute Gasteiger partial charge is 0.481 e. The van der Waals surface area contributed by atoms with E-state index in [1.165, 1.54) is 0 Å². The molecule has 0 spiro atoms. The number of carbonyl (C=O) groups is 8. The van der Waals surface area contributed by atoms with E-state index in [2.05, 4.69) is 0 Å². The molecule has 0 amide bonds. The molecular formula is C43H70O16. The van der Waals surface area contributed by atoms with E-state index in [0.717, 1.165) is 6.42 Å². The number of rotatable bonds is 14. The summed E-state index contributed by atoms with van der Waals surface area (Å²) in [6.45, 7) is 22.5. The third kappa shape index (κ3) is 17.5. The van der Waals surface area contributed by atoms with Crippen LogP contribution in [0.1, 0.15) is 128 Å². The lowest BCUT2D eigenvalue weighted by Crippen LogP contribution is -2.40. The Balaban J connectivity index is 0.000000463. The molecule has 0 aliphatic heterocycles. The van der Waals surface area contributed by atoms with Crippen molar-refractivity contribution in [2.75, 3.05) is 19.8 Å². The van der Waals surface area contributed by atoms with Gasteiger partial charge in [-0.25, -0.2) is 0 Å². The molecule has 0 aromatic heterocycles. The van der Waals surface area contributed by atoms with Gasteiger partial charge in [0.2, 0.25) is 0 Å². The zero-order chi connectivity index (χ0) is 45.6. The van der Waals surface area contributed by atoms with Gasteiger partial charge in [0.15, 0.2) is 11.8 Å². The molecule has 59 heavy (non-hydrogen) atoms. The molecule has 0 aromatic carbocycles. The van der Waals surface area contributed by atoms with Gasteiger partial charge in [0.1, 0.15) is 11.2 Å². The first kappa shape index (κ1) is 52.8. The monoisotopic (exact) mass is 842 g/mol. The Bertz CT molecular complexity index is 1420. The zero-order valence-electron chi connectivity index (χ0n) is 37.1. The number of carbonyl (C=O) groups excluding carboxylic acids is 5. The highest BCUT2D eigenvalue weighted by Crippen LogP contribution is 2.43. The van der Waals surface area contributed by atoms with Gasteiger partial charge >= 0.3 is 47.8 Å².